The van der Waals surface area contributed by atoms with Crippen LogP contribution in [-0.2, 0) is 9.53 Å². The van der Waals surface area contributed by atoms with E-state index in [0.717, 1.165) is 6.42 Å². The zero-order valence-corrected chi connectivity index (χ0v) is 14.7. The largest absolute Gasteiger partial charge is 0.396 e. The van der Waals surface area contributed by atoms with Crippen LogP contribution in [0.4, 0.5) is 0 Å². The molecule has 0 radical (unpaired) electrons. The van der Waals surface area contributed by atoms with Gasteiger partial charge in [0.2, 0.25) is 0 Å². The molecular weight excluding hydrogens is 252 g/mol. The van der Waals surface area contributed by atoms with Crippen molar-refractivity contribution in [3.05, 3.63) is 0 Å². The van der Waals surface area contributed by atoms with Crippen LogP contribution in [-0.4, -0.2) is 29.7 Å². The second kappa shape index (κ2) is 7.04. The first kappa shape index (κ1) is 19.6. The fourth-order valence-electron chi connectivity index (χ4n) is 2.39. The van der Waals surface area contributed by atoms with E-state index in [4.69, 9.17) is 9.84 Å². The van der Waals surface area contributed by atoms with E-state index in [1.165, 1.54) is 0 Å². The van der Waals surface area contributed by atoms with Gasteiger partial charge in [-0.1, -0.05) is 41.5 Å². The van der Waals surface area contributed by atoms with E-state index in [0.29, 0.717) is 18.8 Å². The Balaban J connectivity index is 4.53. The maximum Gasteiger partial charge on any atom is 0.138 e. The first-order valence-corrected chi connectivity index (χ1v) is 7.57. The molecule has 1 atom stereocenters. The lowest BCUT2D eigenvalue weighted by Gasteiger charge is -2.36. The van der Waals surface area contributed by atoms with Crippen LogP contribution in [0.5, 0.6) is 0 Å². The number of carbonyl (C=O) groups excluding carboxylic acids is 1. The molecule has 0 aliphatic rings. The highest BCUT2D eigenvalue weighted by atomic mass is 16.5. The minimum Gasteiger partial charge on any atom is -0.396 e. The molecule has 1 N–H and O–H groups in total. The third-order valence-electron chi connectivity index (χ3n) is 3.45. The van der Waals surface area contributed by atoms with Gasteiger partial charge in [0, 0.05) is 24.4 Å². The number of carbonyl (C=O) groups is 1. The molecule has 0 saturated heterocycles. The van der Waals surface area contributed by atoms with Gasteiger partial charge in [-0.25, -0.2) is 0 Å². The summed E-state index contributed by atoms with van der Waals surface area (Å²) in [5.74, 6) is 0.440. The Morgan fingerprint density at radius 1 is 1.10 bits per heavy atom. The van der Waals surface area contributed by atoms with E-state index in [1.807, 2.05) is 27.7 Å². The van der Waals surface area contributed by atoms with E-state index in [-0.39, 0.29) is 29.0 Å². The molecular formula is C17H34O3. The van der Waals surface area contributed by atoms with Crippen molar-refractivity contribution in [3.63, 3.8) is 0 Å². The summed E-state index contributed by atoms with van der Waals surface area (Å²) in [6.07, 6.45) is 1.39. The molecule has 0 bridgehead atoms. The van der Waals surface area contributed by atoms with Crippen LogP contribution < -0.4 is 0 Å². The molecule has 0 aromatic rings. The van der Waals surface area contributed by atoms with Gasteiger partial charge >= 0.3 is 0 Å². The van der Waals surface area contributed by atoms with E-state index < -0.39 is 0 Å². The Morgan fingerprint density at radius 3 is 2.00 bits per heavy atom. The number of aliphatic hydroxyl groups is 1. The Kier molecular flexibility index (Phi) is 6.89. The van der Waals surface area contributed by atoms with Crippen LogP contribution >= 0.6 is 0 Å². The van der Waals surface area contributed by atoms with Crippen molar-refractivity contribution in [1.29, 1.82) is 0 Å². The summed E-state index contributed by atoms with van der Waals surface area (Å²) in [6.45, 7) is 16.9. The molecule has 0 aromatic heterocycles. The Hall–Kier alpha value is -0.410. The SMILES string of the molecule is CC(CO)COC(C)(C)CC(C)(C)CC(=O)C(C)(C)C. The predicted molar refractivity (Wildman–Crippen MR) is 83.8 cm³/mol. The van der Waals surface area contributed by atoms with E-state index in [2.05, 4.69) is 27.7 Å². The van der Waals surface area contributed by atoms with Gasteiger partial charge in [0.15, 0.2) is 0 Å². The summed E-state index contributed by atoms with van der Waals surface area (Å²) < 4.78 is 5.91. The summed E-state index contributed by atoms with van der Waals surface area (Å²) in [5.41, 5.74) is -0.658. The van der Waals surface area contributed by atoms with Gasteiger partial charge in [-0.2, -0.15) is 0 Å². The molecule has 3 heteroatoms. The number of hydrogen-bond donors (Lipinski definition) is 1. The third kappa shape index (κ3) is 8.01. The second-order valence-corrected chi connectivity index (χ2v) is 8.55. The van der Waals surface area contributed by atoms with Crippen LogP contribution in [0, 0.1) is 16.7 Å². The lowest BCUT2D eigenvalue weighted by molar-refractivity contribution is -0.129. The molecule has 20 heavy (non-hydrogen) atoms. The van der Waals surface area contributed by atoms with Gasteiger partial charge in [-0.05, 0) is 25.7 Å². The number of rotatable bonds is 8. The molecule has 0 heterocycles. The standard InChI is InChI=1S/C17H34O3/c1-13(10-18)11-20-17(7,8)12-16(5,6)9-14(19)15(2,3)4/h13,18H,9-12H2,1-8H3. The Bertz CT molecular complexity index is 311. The van der Waals surface area contributed by atoms with E-state index in [1.54, 1.807) is 0 Å². The summed E-state index contributed by atoms with van der Waals surface area (Å²) in [7, 11) is 0. The highest BCUT2D eigenvalue weighted by Crippen LogP contribution is 2.36. The lowest BCUT2D eigenvalue weighted by Crippen LogP contribution is -2.36. The molecule has 0 fully saturated rings. The number of ether oxygens (including phenoxy) is 1. The lowest BCUT2D eigenvalue weighted by atomic mass is 9.74. The summed E-state index contributed by atoms with van der Waals surface area (Å²) in [6, 6.07) is 0. The normalized spacial score (nSPS) is 15.2. The molecule has 0 aliphatic carbocycles. The molecule has 3 nitrogen and oxygen atoms in total. The third-order valence-corrected chi connectivity index (χ3v) is 3.45. The number of hydrogen-bond acceptors (Lipinski definition) is 3. The van der Waals surface area contributed by atoms with Gasteiger partial charge in [0.1, 0.15) is 5.78 Å². The van der Waals surface area contributed by atoms with Crippen molar-refractivity contribution in [3.8, 4) is 0 Å². The number of Topliss-reactive ketones (excluding diaryl/α,β-unsaturated/α-hetero) is 1. The minimum atomic E-state index is -0.287. The number of ketones is 1. The van der Waals surface area contributed by atoms with Gasteiger partial charge in [0.05, 0.1) is 12.2 Å². The monoisotopic (exact) mass is 286 g/mol. The molecule has 120 valence electrons. The van der Waals surface area contributed by atoms with Crippen molar-refractivity contribution in [2.45, 2.75) is 73.8 Å². The van der Waals surface area contributed by atoms with Crippen LogP contribution in [0.1, 0.15) is 68.2 Å². The van der Waals surface area contributed by atoms with Crippen LogP contribution in [0.25, 0.3) is 0 Å². The molecule has 0 saturated carbocycles. The fourth-order valence-corrected chi connectivity index (χ4v) is 2.39. The Morgan fingerprint density at radius 2 is 1.60 bits per heavy atom. The summed E-state index contributed by atoms with van der Waals surface area (Å²) in [4.78, 5) is 12.2. The molecule has 0 aromatic carbocycles. The van der Waals surface area contributed by atoms with Crippen molar-refractivity contribution < 1.29 is 14.6 Å². The predicted octanol–water partition coefficient (Wildman–Crippen LogP) is 3.83. The van der Waals surface area contributed by atoms with Crippen molar-refractivity contribution >= 4 is 5.78 Å². The zero-order chi connectivity index (χ0) is 16.2. The fraction of sp³-hybridized carbons (Fsp3) is 0.941. The van der Waals surface area contributed by atoms with Crippen LogP contribution in [0.3, 0.4) is 0 Å². The molecule has 0 amide bonds. The topological polar surface area (TPSA) is 46.5 Å². The average molecular weight is 286 g/mol. The summed E-state index contributed by atoms with van der Waals surface area (Å²) in [5, 5.41) is 9.05. The molecule has 0 aliphatic heterocycles. The maximum absolute atomic E-state index is 12.2. The van der Waals surface area contributed by atoms with Gasteiger partial charge in [-0.3, -0.25) is 4.79 Å². The van der Waals surface area contributed by atoms with Gasteiger partial charge < -0.3 is 9.84 Å². The van der Waals surface area contributed by atoms with Crippen LogP contribution in [0.2, 0.25) is 0 Å². The average Bonchev–Trinajstić information content (AvgIpc) is 2.22. The zero-order valence-electron chi connectivity index (χ0n) is 14.7. The second-order valence-electron chi connectivity index (χ2n) is 8.55. The maximum atomic E-state index is 12.2. The first-order chi connectivity index (χ1) is 8.79. The smallest absolute Gasteiger partial charge is 0.138 e. The quantitative estimate of drug-likeness (QED) is 0.737. The van der Waals surface area contributed by atoms with Crippen LogP contribution in [0.15, 0.2) is 0 Å². The van der Waals surface area contributed by atoms with Crippen molar-refractivity contribution in [2.75, 3.05) is 13.2 Å². The summed E-state index contributed by atoms with van der Waals surface area (Å²) >= 11 is 0. The number of aliphatic hydroxyl groups excluding tert-OH is 1. The van der Waals surface area contributed by atoms with E-state index >= 15 is 0 Å². The highest BCUT2D eigenvalue weighted by Gasteiger charge is 2.34. The molecule has 0 rings (SSSR count). The van der Waals surface area contributed by atoms with Crippen molar-refractivity contribution in [1.82, 2.24) is 0 Å². The van der Waals surface area contributed by atoms with Crippen molar-refractivity contribution in [2.24, 2.45) is 16.7 Å². The van der Waals surface area contributed by atoms with E-state index in [9.17, 15) is 4.79 Å². The molecule has 1 unspecified atom stereocenters. The molecule has 0 spiro atoms. The highest BCUT2D eigenvalue weighted by molar-refractivity contribution is 5.84. The Labute approximate surface area is 125 Å². The van der Waals surface area contributed by atoms with Gasteiger partial charge in [0.25, 0.3) is 0 Å². The minimum absolute atomic E-state index is 0.0870. The first-order valence-electron chi connectivity index (χ1n) is 7.57. The van der Waals surface area contributed by atoms with Gasteiger partial charge in [-0.15, -0.1) is 0 Å².